The van der Waals surface area contributed by atoms with Gasteiger partial charge in [0, 0.05) is 6.04 Å². The van der Waals surface area contributed by atoms with Crippen LogP contribution in [0, 0.1) is 11.3 Å². The average molecular weight is 280 g/mol. The fourth-order valence-electron chi connectivity index (χ4n) is 2.52. The lowest BCUT2D eigenvalue weighted by molar-refractivity contribution is 0.747. The van der Waals surface area contributed by atoms with Crippen molar-refractivity contribution in [3.63, 3.8) is 0 Å². The van der Waals surface area contributed by atoms with Crippen LogP contribution in [0.4, 0.5) is 17.5 Å². The first-order chi connectivity index (χ1) is 10.3. The molecule has 2 aromatic rings. The van der Waals surface area contributed by atoms with E-state index in [9.17, 15) is 0 Å². The summed E-state index contributed by atoms with van der Waals surface area (Å²) in [7, 11) is 0. The Morgan fingerprint density at radius 3 is 2.81 bits per heavy atom. The van der Waals surface area contributed by atoms with Crippen molar-refractivity contribution < 1.29 is 0 Å². The first-order valence-electron chi connectivity index (χ1n) is 7.07. The molecule has 0 atom stereocenters. The highest BCUT2D eigenvalue weighted by Gasteiger charge is 2.15. The molecule has 0 bridgehead atoms. The summed E-state index contributed by atoms with van der Waals surface area (Å²) < 4.78 is 0. The predicted molar refractivity (Wildman–Crippen MR) is 80.1 cm³/mol. The molecule has 0 saturated heterocycles. The van der Waals surface area contributed by atoms with Crippen molar-refractivity contribution >= 4 is 17.5 Å². The third kappa shape index (κ3) is 3.26. The van der Waals surface area contributed by atoms with E-state index < -0.39 is 0 Å². The number of para-hydroxylation sites is 1. The van der Waals surface area contributed by atoms with E-state index in [1.165, 1.54) is 25.7 Å². The van der Waals surface area contributed by atoms with Crippen molar-refractivity contribution in [2.75, 3.05) is 10.6 Å². The van der Waals surface area contributed by atoms with Crippen molar-refractivity contribution in [2.45, 2.75) is 31.7 Å². The second-order valence-corrected chi connectivity index (χ2v) is 5.07. The lowest BCUT2D eigenvalue weighted by atomic mass is 10.2. The average Bonchev–Trinajstić information content (AvgIpc) is 3.01. The molecule has 3 rings (SSSR count). The molecular formula is C15H16N6. The number of benzene rings is 1. The molecule has 0 radical (unpaired) electrons. The van der Waals surface area contributed by atoms with Gasteiger partial charge in [-0.3, -0.25) is 0 Å². The number of nitrogens with one attached hydrogen (secondary N) is 2. The minimum absolute atomic E-state index is 0.390. The van der Waals surface area contributed by atoms with Gasteiger partial charge in [-0.2, -0.15) is 15.3 Å². The van der Waals surface area contributed by atoms with E-state index in [-0.39, 0.29) is 0 Å². The van der Waals surface area contributed by atoms with Crippen molar-refractivity contribution in [3.8, 4) is 6.07 Å². The van der Waals surface area contributed by atoms with Gasteiger partial charge in [-0.05, 0) is 25.0 Å². The normalized spacial score (nSPS) is 14.6. The van der Waals surface area contributed by atoms with Crippen LogP contribution in [0.25, 0.3) is 0 Å². The van der Waals surface area contributed by atoms with E-state index in [4.69, 9.17) is 5.26 Å². The Balaban J connectivity index is 1.75. The quantitative estimate of drug-likeness (QED) is 0.895. The summed E-state index contributed by atoms with van der Waals surface area (Å²) in [5, 5.41) is 23.4. The molecule has 1 saturated carbocycles. The van der Waals surface area contributed by atoms with Gasteiger partial charge < -0.3 is 10.6 Å². The highest BCUT2D eigenvalue weighted by atomic mass is 15.3. The van der Waals surface area contributed by atoms with E-state index in [2.05, 4.69) is 31.9 Å². The van der Waals surface area contributed by atoms with Gasteiger partial charge in [0.1, 0.15) is 6.07 Å². The molecule has 21 heavy (non-hydrogen) atoms. The standard InChI is InChI=1S/C15H16N6/c16-9-11-5-1-4-8-13(11)19-15-20-14(10-17-21-15)18-12-6-2-3-7-12/h1,4-5,8,10,12H,2-3,6-7H2,(H2,18,19,20,21). The summed E-state index contributed by atoms with van der Waals surface area (Å²) in [5.41, 5.74) is 1.23. The first-order valence-corrected chi connectivity index (χ1v) is 7.07. The number of hydrogen-bond donors (Lipinski definition) is 2. The second kappa shape index (κ2) is 6.18. The molecule has 1 aliphatic carbocycles. The molecule has 0 aliphatic heterocycles. The zero-order chi connectivity index (χ0) is 14.5. The van der Waals surface area contributed by atoms with Crippen molar-refractivity contribution in [1.82, 2.24) is 15.2 Å². The Morgan fingerprint density at radius 2 is 2.00 bits per heavy atom. The maximum absolute atomic E-state index is 9.08. The summed E-state index contributed by atoms with van der Waals surface area (Å²) in [4.78, 5) is 4.40. The Bertz CT molecular complexity index is 657. The minimum Gasteiger partial charge on any atom is -0.366 e. The van der Waals surface area contributed by atoms with Gasteiger partial charge in [0.05, 0.1) is 17.4 Å². The molecule has 1 aromatic heterocycles. The summed E-state index contributed by atoms with van der Waals surface area (Å²) in [5.74, 6) is 1.11. The van der Waals surface area contributed by atoms with E-state index in [1.54, 1.807) is 12.3 Å². The van der Waals surface area contributed by atoms with Crippen LogP contribution in [0.1, 0.15) is 31.2 Å². The topological polar surface area (TPSA) is 86.5 Å². The van der Waals surface area contributed by atoms with Crippen LogP contribution in [0.15, 0.2) is 30.5 Å². The number of nitrogens with zero attached hydrogens (tertiary/aromatic N) is 4. The van der Waals surface area contributed by atoms with Gasteiger partial charge in [0.25, 0.3) is 0 Å². The lowest BCUT2D eigenvalue weighted by Crippen LogP contribution is -2.16. The van der Waals surface area contributed by atoms with Gasteiger partial charge in [-0.15, -0.1) is 5.10 Å². The molecule has 1 aliphatic rings. The molecule has 1 aromatic carbocycles. The molecule has 6 nitrogen and oxygen atoms in total. The highest BCUT2D eigenvalue weighted by Crippen LogP contribution is 2.22. The Kier molecular flexibility index (Phi) is 3.92. The molecule has 0 unspecified atom stereocenters. The highest BCUT2D eigenvalue weighted by molar-refractivity contribution is 5.63. The van der Waals surface area contributed by atoms with Gasteiger partial charge in [-0.25, -0.2) is 0 Å². The second-order valence-electron chi connectivity index (χ2n) is 5.07. The maximum atomic E-state index is 9.08. The summed E-state index contributed by atoms with van der Waals surface area (Å²) >= 11 is 0. The number of anilines is 3. The Hall–Kier alpha value is -2.68. The van der Waals surface area contributed by atoms with Gasteiger partial charge in [-0.1, -0.05) is 25.0 Å². The van der Waals surface area contributed by atoms with Gasteiger partial charge in [0.15, 0.2) is 5.82 Å². The third-order valence-electron chi connectivity index (χ3n) is 3.56. The maximum Gasteiger partial charge on any atom is 0.249 e. The fourth-order valence-corrected chi connectivity index (χ4v) is 2.52. The molecule has 6 heteroatoms. The van der Waals surface area contributed by atoms with Crippen LogP contribution in [-0.2, 0) is 0 Å². The van der Waals surface area contributed by atoms with E-state index >= 15 is 0 Å². The molecule has 1 heterocycles. The SMILES string of the molecule is N#Cc1ccccc1Nc1nncc(NC2CCCC2)n1. The summed E-state index contributed by atoms with van der Waals surface area (Å²) in [6.07, 6.45) is 6.49. The van der Waals surface area contributed by atoms with Crippen molar-refractivity contribution in [1.29, 1.82) is 5.26 Å². The monoisotopic (exact) mass is 280 g/mol. The number of rotatable bonds is 4. The molecular weight excluding hydrogens is 264 g/mol. The van der Waals surface area contributed by atoms with Crippen molar-refractivity contribution in [3.05, 3.63) is 36.0 Å². The zero-order valence-electron chi connectivity index (χ0n) is 11.6. The molecule has 1 fully saturated rings. The van der Waals surface area contributed by atoms with Crippen molar-refractivity contribution in [2.24, 2.45) is 0 Å². The van der Waals surface area contributed by atoms with Crippen LogP contribution in [0.5, 0.6) is 0 Å². The number of hydrogen-bond acceptors (Lipinski definition) is 6. The van der Waals surface area contributed by atoms with Gasteiger partial charge in [0.2, 0.25) is 5.95 Å². The molecule has 0 spiro atoms. The van der Waals surface area contributed by atoms with Crippen LogP contribution >= 0.6 is 0 Å². The van der Waals surface area contributed by atoms with E-state index in [0.717, 1.165) is 0 Å². The number of nitriles is 1. The number of aromatic nitrogens is 3. The predicted octanol–water partition coefficient (Wildman–Crippen LogP) is 2.84. The largest absolute Gasteiger partial charge is 0.366 e. The Labute approximate surface area is 123 Å². The summed E-state index contributed by atoms with van der Waals surface area (Å²) in [6, 6.07) is 9.85. The van der Waals surface area contributed by atoms with Crippen LogP contribution in [0.3, 0.4) is 0 Å². The third-order valence-corrected chi connectivity index (χ3v) is 3.56. The fraction of sp³-hybridized carbons (Fsp3) is 0.333. The molecule has 0 amide bonds. The Morgan fingerprint density at radius 1 is 1.19 bits per heavy atom. The lowest BCUT2D eigenvalue weighted by Gasteiger charge is -2.12. The van der Waals surface area contributed by atoms with E-state index in [0.29, 0.717) is 29.1 Å². The molecule has 2 N–H and O–H groups in total. The first kappa shape index (κ1) is 13.3. The van der Waals surface area contributed by atoms with Crippen LogP contribution in [0.2, 0.25) is 0 Å². The van der Waals surface area contributed by atoms with Crippen LogP contribution in [-0.4, -0.2) is 21.2 Å². The van der Waals surface area contributed by atoms with Crippen LogP contribution < -0.4 is 10.6 Å². The summed E-state index contributed by atoms with van der Waals surface area (Å²) in [6.45, 7) is 0. The minimum atomic E-state index is 0.390. The molecule has 106 valence electrons. The van der Waals surface area contributed by atoms with E-state index in [1.807, 2.05) is 18.2 Å². The zero-order valence-corrected chi connectivity index (χ0v) is 11.6. The van der Waals surface area contributed by atoms with Gasteiger partial charge >= 0.3 is 0 Å². The smallest absolute Gasteiger partial charge is 0.249 e.